The first-order valence-electron chi connectivity index (χ1n) is 9.44. The molecule has 2 aromatic rings. The molecule has 0 aliphatic carbocycles. The van der Waals surface area contributed by atoms with Crippen molar-refractivity contribution in [3.05, 3.63) is 47.2 Å². The number of methoxy groups -OCH3 is 1. The number of hydrogen-bond donors (Lipinski definition) is 2. The molecule has 1 aromatic carbocycles. The van der Waals surface area contributed by atoms with Crippen molar-refractivity contribution in [3.63, 3.8) is 0 Å². The van der Waals surface area contributed by atoms with Crippen LogP contribution in [0.3, 0.4) is 0 Å². The van der Waals surface area contributed by atoms with Crippen molar-refractivity contribution >= 4 is 17.3 Å². The number of rotatable bonds is 4. The van der Waals surface area contributed by atoms with Gasteiger partial charge < -0.3 is 14.5 Å². The molecule has 0 atom stereocenters. The second-order valence-electron chi connectivity index (χ2n) is 6.76. The highest BCUT2D eigenvalue weighted by Crippen LogP contribution is 2.28. The maximum Gasteiger partial charge on any atom is 0.240 e. The summed E-state index contributed by atoms with van der Waals surface area (Å²) in [6, 6.07) is 5.37. The lowest BCUT2D eigenvalue weighted by atomic mass is 10.1. The van der Waals surface area contributed by atoms with Crippen molar-refractivity contribution in [1.29, 1.82) is 0 Å². The van der Waals surface area contributed by atoms with E-state index in [2.05, 4.69) is 15.5 Å². The summed E-state index contributed by atoms with van der Waals surface area (Å²) >= 11 is 0. The van der Waals surface area contributed by atoms with Gasteiger partial charge in [0, 0.05) is 43.6 Å². The number of hydroxylamine groups is 1. The molecule has 156 valence electrons. The molecule has 2 heterocycles. The zero-order valence-corrected chi connectivity index (χ0v) is 16.7. The van der Waals surface area contributed by atoms with Crippen LogP contribution in [0.4, 0.5) is 20.2 Å². The van der Waals surface area contributed by atoms with Gasteiger partial charge in [-0.05, 0) is 37.1 Å². The zero-order chi connectivity index (χ0) is 21.0. The summed E-state index contributed by atoms with van der Waals surface area (Å²) in [6.45, 7) is 6.00. The van der Waals surface area contributed by atoms with Crippen LogP contribution < -0.4 is 15.1 Å². The number of anilines is 1. The highest BCUT2D eigenvalue weighted by molar-refractivity contribution is 5.83. The third kappa shape index (κ3) is 4.73. The number of nitrogens with one attached hydrogen (secondary N) is 1. The standard InChI is InChI=1S/C20H25F2N5O2/c1-4-14-9-18(19(29-3)23-13(14)2)24-20(25-28)27-7-5-26(6-8-27)17-11-15(21)10-16(22)12-17/h9-12,28H,4-8H2,1-3H3,(H,24,25). The van der Waals surface area contributed by atoms with Crippen molar-refractivity contribution in [2.24, 2.45) is 4.99 Å². The molecule has 1 aromatic heterocycles. The van der Waals surface area contributed by atoms with E-state index in [1.807, 2.05) is 29.7 Å². The summed E-state index contributed by atoms with van der Waals surface area (Å²) in [7, 11) is 1.52. The molecule has 3 rings (SSSR count). The minimum absolute atomic E-state index is 0.265. The van der Waals surface area contributed by atoms with Gasteiger partial charge in [0.15, 0.2) is 0 Å². The monoisotopic (exact) mass is 405 g/mol. The van der Waals surface area contributed by atoms with Gasteiger partial charge in [-0.3, -0.25) is 5.21 Å². The number of aromatic nitrogens is 1. The Hall–Kier alpha value is -2.94. The number of guanidine groups is 1. The van der Waals surface area contributed by atoms with Crippen LogP contribution in [0.1, 0.15) is 18.2 Å². The molecule has 0 bridgehead atoms. The Kier molecular flexibility index (Phi) is 6.48. The fourth-order valence-electron chi connectivity index (χ4n) is 3.38. The molecule has 7 nitrogen and oxygen atoms in total. The largest absolute Gasteiger partial charge is 0.479 e. The minimum Gasteiger partial charge on any atom is -0.479 e. The van der Waals surface area contributed by atoms with Crippen LogP contribution in [0.25, 0.3) is 0 Å². The molecule has 1 aliphatic rings. The van der Waals surface area contributed by atoms with E-state index in [4.69, 9.17) is 4.74 Å². The quantitative estimate of drug-likeness (QED) is 0.463. The summed E-state index contributed by atoms with van der Waals surface area (Å²) in [6.07, 6.45) is 0.802. The van der Waals surface area contributed by atoms with Gasteiger partial charge in [0.05, 0.1) is 7.11 Å². The maximum absolute atomic E-state index is 13.5. The fraction of sp³-hybridized carbons (Fsp3) is 0.400. The lowest BCUT2D eigenvalue weighted by Crippen LogP contribution is -2.52. The summed E-state index contributed by atoms with van der Waals surface area (Å²) in [5.74, 6) is -0.567. The van der Waals surface area contributed by atoms with E-state index in [9.17, 15) is 14.0 Å². The molecule has 29 heavy (non-hydrogen) atoms. The molecule has 0 spiro atoms. The van der Waals surface area contributed by atoms with Crippen LogP contribution in [0, 0.1) is 18.6 Å². The third-order valence-electron chi connectivity index (χ3n) is 4.96. The van der Waals surface area contributed by atoms with Crippen LogP contribution >= 0.6 is 0 Å². The van der Waals surface area contributed by atoms with Crippen molar-refractivity contribution in [3.8, 4) is 5.88 Å². The van der Waals surface area contributed by atoms with Crippen molar-refractivity contribution in [1.82, 2.24) is 15.4 Å². The van der Waals surface area contributed by atoms with Crippen LogP contribution in [0.5, 0.6) is 5.88 Å². The fourth-order valence-corrected chi connectivity index (χ4v) is 3.38. The average molecular weight is 405 g/mol. The number of halogens is 2. The number of hydrogen-bond acceptors (Lipinski definition) is 5. The first-order valence-corrected chi connectivity index (χ1v) is 9.44. The normalized spacial score (nSPS) is 14.9. The first-order chi connectivity index (χ1) is 13.9. The maximum atomic E-state index is 13.5. The van der Waals surface area contributed by atoms with E-state index in [1.165, 1.54) is 19.2 Å². The van der Waals surface area contributed by atoms with E-state index in [-0.39, 0.29) is 5.96 Å². The van der Waals surface area contributed by atoms with E-state index >= 15 is 0 Å². The van der Waals surface area contributed by atoms with Gasteiger partial charge in [-0.1, -0.05) is 6.92 Å². The summed E-state index contributed by atoms with van der Waals surface area (Å²) in [5, 5.41) is 9.64. The number of aryl methyl sites for hydroxylation is 2. The second kappa shape index (κ2) is 9.04. The Balaban J connectivity index is 1.78. The molecule has 9 heteroatoms. The topological polar surface area (TPSA) is 73.2 Å². The molecule has 0 amide bonds. The Morgan fingerprint density at radius 3 is 2.38 bits per heavy atom. The smallest absolute Gasteiger partial charge is 0.240 e. The SMILES string of the molecule is CCc1cc(N=C(NO)N2CCN(c3cc(F)cc(F)c3)CC2)c(OC)nc1C. The Morgan fingerprint density at radius 2 is 1.83 bits per heavy atom. The number of benzene rings is 1. The van der Waals surface area contributed by atoms with Gasteiger partial charge in [0.2, 0.25) is 11.8 Å². The number of ether oxygens (including phenoxy) is 1. The van der Waals surface area contributed by atoms with E-state index in [1.54, 1.807) is 0 Å². The van der Waals surface area contributed by atoms with Gasteiger partial charge in [-0.2, -0.15) is 0 Å². The zero-order valence-electron chi connectivity index (χ0n) is 16.7. The van der Waals surface area contributed by atoms with Gasteiger partial charge in [0.1, 0.15) is 17.3 Å². The highest BCUT2D eigenvalue weighted by atomic mass is 19.1. The lowest BCUT2D eigenvalue weighted by Gasteiger charge is -2.37. The minimum atomic E-state index is -0.604. The summed E-state index contributed by atoms with van der Waals surface area (Å²) < 4.78 is 32.3. The lowest BCUT2D eigenvalue weighted by molar-refractivity contribution is 0.207. The van der Waals surface area contributed by atoms with E-state index in [0.717, 1.165) is 23.7 Å². The molecule has 1 saturated heterocycles. The van der Waals surface area contributed by atoms with Crippen molar-refractivity contribution in [2.45, 2.75) is 20.3 Å². The predicted octanol–water partition coefficient (Wildman–Crippen LogP) is 3.03. The molecule has 1 aliphatic heterocycles. The Labute approximate surface area is 168 Å². The summed E-state index contributed by atoms with van der Waals surface area (Å²) in [4.78, 5) is 12.7. The van der Waals surface area contributed by atoms with Crippen LogP contribution in [0.15, 0.2) is 29.3 Å². The third-order valence-corrected chi connectivity index (χ3v) is 4.96. The van der Waals surface area contributed by atoms with Crippen LogP contribution in [0.2, 0.25) is 0 Å². The highest BCUT2D eigenvalue weighted by Gasteiger charge is 2.21. The second-order valence-corrected chi connectivity index (χ2v) is 6.76. The Bertz CT molecular complexity index is 878. The van der Waals surface area contributed by atoms with Crippen LogP contribution in [-0.2, 0) is 6.42 Å². The van der Waals surface area contributed by atoms with Crippen molar-refractivity contribution < 1.29 is 18.7 Å². The van der Waals surface area contributed by atoms with Gasteiger partial charge in [-0.15, -0.1) is 0 Å². The number of piperazine rings is 1. The molecule has 0 radical (unpaired) electrons. The number of pyridine rings is 1. The van der Waals surface area contributed by atoms with Crippen LogP contribution in [-0.4, -0.2) is 54.3 Å². The van der Waals surface area contributed by atoms with Gasteiger partial charge >= 0.3 is 0 Å². The van der Waals surface area contributed by atoms with Gasteiger partial charge in [-0.25, -0.2) is 24.2 Å². The average Bonchev–Trinajstić information content (AvgIpc) is 2.72. The van der Waals surface area contributed by atoms with E-state index in [0.29, 0.717) is 43.4 Å². The first kappa shape index (κ1) is 20.8. The molecule has 0 unspecified atom stereocenters. The molecule has 0 saturated carbocycles. The summed E-state index contributed by atoms with van der Waals surface area (Å²) in [5.41, 5.74) is 5.07. The Morgan fingerprint density at radius 1 is 1.17 bits per heavy atom. The van der Waals surface area contributed by atoms with Crippen molar-refractivity contribution in [2.75, 3.05) is 38.2 Å². The predicted molar refractivity (Wildman–Crippen MR) is 107 cm³/mol. The van der Waals surface area contributed by atoms with E-state index < -0.39 is 11.6 Å². The molecular formula is C20H25F2N5O2. The number of nitrogens with zero attached hydrogens (tertiary/aromatic N) is 4. The molecule has 1 fully saturated rings. The molecule has 2 N–H and O–H groups in total. The number of aliphatic imine (C=N–C) groups is 1. The molecular weight excluding hydrogens is 380 g/mol. The van der Waals surface area contributed by atoms with Gasteiger partial charge in [0.25, 0.3) is 0 Å².